The summed E-state index contributed by atoms with van der Waals surface area (Å²) < 4.78 is 1.21. The summed E-state index contributed by atoms with van der Waals surface area (Å²) in [5.41, 5.74) is 12.9. The van der Waals surface area contributed by atoms with Crippen LogP contribution in [0.2, 0.25) is 0 Å². The van der Waals surface area contributed by atoms with E-state index in [0.717, 1.165) is 23.3 Å². The van der Waals surface area contributed by atoms with Gasteiger partial charge < -0.3 is 4.90 Å². The summed E-state index contributed by atoms with van der Waals surface area (Å²) >= 11 is 1.69. The predicted molar refractivity (Wildman–Crippen MR) is 138 cm³/mol. The Hall–Kier alpha value is -3.43. The molecule has 0 bridgehead atoms. The van der Waals surface area contributed by atoms with Crippen LogP contribution >= 0.6 is 11.3 Å². The summed E-state index contributed by atoms with van der Waals surface area (Å²) in [6.45, 7) is 9.90. The zero-order chi connectivity index (χ0) is 21.9. The van der Waals surface area contributed by atoms with E-state index in [9.17, 15) is 0 Å². The van der Waals surface area contributed by atoms with Crippen molar-refractivity contribution in [1.82, 2.24) is 4.98 Å². The minimum atomic E-state index is -0.118. The summed E-state index contributed by atoms with van der Waals surface area (Å²) in [5, 5.41) is 0. The largest absolute Gasteiger partial charge is 0.335 e. The van der Waals surface area contributed by atoms with E-state index in [1.165, 1.54) is 38.2 Å². The number of aromatic nitrogens is 1. The third-order valence-electron chi connectivity index (χ3n) is 6.77. The average molecular weight is 433 g/mol. The normalized spacial score (nSPS) is 18.3. The van der Waals surface area contributed by atoms with Crippen LogP contribution in [0.1, 0.15) is 30.5 Å². The minimum absolute atomic E-state index is 0.118. The highest BCUT2D eigenvalue weighted by Crippen LogP contribution is 2.55. The van der Waals surface area contributed by atoms with Gasteiger partial charge in [0.15, 0.2) is 0 Å². The number of nitrogens with zero attached hydrogens (tertiary/aromatic N) is 2. The molecular formula is C29H24N2S. The molecule has 0 amide bonds. The lowest BCUT2D eigenvalue weighted by atomic mass is 9.79. The van der Waals surface area contributed by atoms with Crippen LogP contribution in [0.25, 0.3) is 26.9 Å². The molecule has 0 spiro atoms. The van der Waals surface area contributed by atoms with Crippen molar-refractivity contribution in [2.45, 2.75) is 19.3 Å². The van der Waals surface area contributed by atoms with Crippen molar-refractivity contribution in [3.05, 3.63) is 108 Å². The molecular weight excluding hydrogens is 408 g/mol. The second kappa shape index (κ2) is 7.04. The molecule has 1 aromatic heterocycles. The first kappa shape index (κ1) is 19.3. The number of para-hydroxylation sites is 1. The van der Waals surface area contributed by atoms with E-state index in [4.69, 9.17) is 4.98 Å². The van der Waals surface area contributed by atoms with Crippen LogP contribution in [0, 0.1) is 0 Å². The smallest absolute Gasteiger partial charge is 0.105 e. The Balaban J connectivity index is 1.72. The lowest BCUT2D eigenvalue weighted by Crippen LogP contribution is -2.25. The maximum absolute atomic E-state index is 4.75. The SMILES string of the molecule is C=C1/C=C\C=C/CN(c2cccc3scnc23)c2c1ccc1c2C(C)(C)c2ccccc2-1. The average Bonchev–Trinajstić information content (AvgIpc) is 3.38. The molecule has 6 rings (SSSR count). The summed E-state index contributed by atoms with van der Waals surface area (Å²) in [6.07, 6.45) is 8.54. The topological polar surface area (TPSA) is 16.1 Å². The van der Waals surface area contributed by atoms with Crippen LogP contribution in [-0.2, 0) is 5.41 Å². The molecule has 2 nitrogen and oxygen atoms in total. The lowest BCUT2D eigenvalue weighted by molar-refractivity contribution is 0.659. The highest BCUT2D eigenvalue weighted by molar-refractivity contribution is 7.16. The van der Waals surface area contributed by atoms with Crippen LogP contribution in [0.5, 0.6) is 0 Å². The first-order valence-corrected chi connectivity index (χ1v) is 11.8. The van der Waals surface area contributed by atoms with Gasteiger partial charge in [0, 0.05) is 17.5 Å². The standard InChI is InChI=1S/C29H24N2S/c1-19-10-5-4-8-17-31(24-13-9-14-25-27(24)30-18-32-25)28-20(19)15-16-22-21-11-6-7-12-23(21)29(2,3)26(22)28/h4-16,18H,1,17H2,2-3H3/b8-4-,10-5-. The predicted octanol–water partition coefficient (Wildman–Crippen LogP) is 7.88. The van der Waals surface area contributed by atoms with E-state index in [1.807, 2.05) is 5.51 Å². The van der Waals surface area contributed by atoms with Gasteiger partial charge in [-0.15, -0.1) is 11.3 Å². The quantitative estimate of drug-likeness (QED) is 0.304. The summed E-state index contributed by atoms with van der Waals surface area (Å²) in [5.74, 6) is 0. The Morgan fingerprint density at radius 1 is 0.938 bits per heavy atom. The van der Waals surface area contributed by atoms with Crippen LogP contribution in [0.4, 0.5) is 11.4 Å². The summed E-state index contributed by atoms with van der Waals surface area (Å²) in [4.78, 5) is 7.19. The molecule has 0 atom stereocenters. The fourth-order valence-electron chi connectivity index (χ4n) is 5.29. The van der Waals surface area contributed by atoms with Gasteiger partial charge in [-0.25, -0.2) is 4.98 Å². The molecule has 32 heavy (non-hydrogen) atoms. The molecule has 4 aromatic rings. The lowest BCUT2D eigenvalue weighted by Gasteiger charge is -2.33. The number of thiazole rings is 1. The summed E-state index contributed by atoms with van der Waals surface area (Å²) in [6, 6.07) is 19.8. The van der Waals surface area contributed by atoms with Crippen LogP contribution in [-0.4, -0.2) is 11.5 Å². The van der Waals surface area contributed by atoms with Gasteiger partial charge in [0.2, 0.25) is 0 Å². The van der Waals surface area contributed by atoms with E-state index in [0.29, 0.717) is 0 Å². The molecule has 1 aliphatic carbocycles. The first-order chi connectivity index (χ1) is 15.6. The van der Waals surface area contributed by atoms with Crippen LogP contribution in [0.15, 0.2) is 91.0 Å². The molecule has 0 saturated carbocycles. The van der Waals surface area contributed by atoms with E-state index < -0.39 is 0 Å². The Bertz CT molecular complexity index is 1450. The highest BCUT2D eigenvalue weighted by atomic mass is 32.1. The van der Waals surface area contributed by atoms with Crippen molar-refractivity contribution in [1.29, 1.82) is 0 Å². The van der Waals surface area contributed by atoms with Gasteiger partial charge in [-0.3, -0.25) is 0 Å². The Morgan fingerprint density at radius 3 is 2.69 bits per heavy atom. The van der Waals surface area contributed by atoms with E-state index in [-0.39, 0.29) is 5.41 Å². The van der Waals surface area contributed by atoms with Crippen LogP contribution in [0.3, 0.4) is 0 Å². The number of anilines is 2. The molecule has 2 heterocycles. The minimum Gasteiger partial charge on any atom is -0.335 e. The molecule has 0 saturated heterocycles. The molecule has 3 heteroatoms. The number of benzene rings is 3. The molecule has 0 radical (unpaired) electrons. The number of hydrogen-bond acceptors (Lipinski definition) is 3. The van der Waals surface area contributed by atoms with Gasteiger partial charge in [0.25, 0.3) is 0 Å². The third kappa shape index (κ3) is 2.68. The molecule has 1 aliphatic heterocycles. The van der Waals surface area contributed by atoms with Gasteiger partial charge in [0.1, 0.15) is 5.52 Å². The monoisotopic (exact) mass is 432 g/mol. The van der Waals surface area contributed by atoms with Gasteiger partial charge in [-0.05, 0) is 40.0 Å². The highest BCUT2D eigenvalue weighted by Gasteiger charge is 2.39. The van der Waals surface area contributed by atoms with Gasteiger partial charge in [-0.2, -0.15) is 0 Å². The molecule has 0 fully saturated rings. The molecule has 156 valence electrons. The van der Waals surface area contributed by atoms with Gasteiger partial charge in [0.05, 0.1) is 21.6 Å². The molecule has 0 N–H and O–H groups in total. The van der Waals surface area contributed by atoms with Crippen molar-refractivity contribution in [2.75, 3.05) is 11.4 Å². The molecule has 3 aromatic carbocycles. The van der Waals surface area contributed by atoms with Gasteiger partial charge >= 0.3 is 0 Å². The Labute approximate surface area is 192 Å². The Morgan fingerprint density at radius 2 is 1.78 bits per heavy atom. The fourth-order valence-corrected chi connectivity index (χ4v) is 5.99. The fraction of sp³-hybridized carbons (Fsp3) is 0.138. The van der Waals surface area contributed by atoms with Crippen molar-refractivity contribution in [2.24, 2.45) is 0 Å². The first-order valence-electron chi connectivity index (χ1n) is 11.0. The van der Waals surface area contributed by atoms with Crippen molar-refractivity contribution >= 4 is 38.5 Å². The number of allylic oxidation sites excluding steroid dienone is 4. The zero-order valence-corrected chi connectivity index (χ0v) is 19.1. The molecule has 0 unspecified atom stereocenters. The van der Waals surface area contributed by atoms with Crippen molar-refractivity contribution in [3.63, 3.8) is 0 Å². The van der Waals surface area contributed by atoms with Crippen molar-refractivity contribution < 1.29 is 0 Å². The number of hydrogen-bond donors (Lipinski definition) is 0. The zero-order valence-electron chi connectivity index (χ0n) is 18.3. The Kier molecular flexibility index (Phi) is 4.24. The molecule has 2 aliphatic rings. The maximum atomic E-state index is 4.75. The van der Waals surface area contributed by atoms with Crippen LogP contribution < -0.4 is 4.90 Å². The maximum Gasteiger partial charge on any atom is 0.105 e. The van der Waals surface area contributed by atoms with Crippen molar-refractivity contribution in [3.8, 4) is 11.1 Å². The van der Waals surface area contributed by atoms with E-state index in [1.54, 1.807) is 11.3 Å². The second-order valence-corrected chi connectivity index (χ2v) is 9.84. The van der Waals surface area contributed by atoms with E-state index in [2.05, 4.69) is 104 Å². The number of rotatable bonds is 1. The van der Waals surface area contributed by atoms with Gasteiger partial charge in [-0.1, -0.05) is 87.2 Å². The second-order valence-electron chi connectivity index (χ2n) is 8.95. The summed E-state index contributed by atoms with van der Waals surface area (Å²) in [7, 11) is 0. The van der Waals surface area contributed by atoms with E-state index >= 15 is 0 Å². The number of fused-ring (bicyclic) bond motifs is 6. The third-order valence-corrected chi connectivity index (χ3v) is 7.57.